The van der Waals surface area contributed by atoms with Gasteiger partial charge >= 0.3 is 0 Å². The minimum atomic E-state index is -0.278. The highest BCUT2D eigenvalue weighted by molar-refractivity contribution is 6.05. The predicted molar refractivity (Wildman–Crippen MR) is 95.8 cm³/mol. The molecule has 0 atom stereocenters. The number of carbonyl (C=O) groups is 1. The van der Waals surface area contributed by atoms with Gasteiger partial charge in [0.05, 0.1) is 5.52 Å². The normalized spacial score (nSPS) is 15.4. The highest BCUT2D eigenvalue weighted by Gasteiger charge is 2.20. The van der Waals surface area contributed by atoms with Crippen molar-refractivity contribution in [1.82, 2.24) is 15.5 Å². The molecule has 0 bridgehead atoms. The molecule has 0 saturated heterocycles. The molecular weight excluding hydrogens is 317 g/mol. The van der Waals surface area contributed by atoms with E-state index in [9.17, 15) is 9.18 Å². The van der Waals surface area contributed by atoms with Crippen molar-refractivity contribution in [3.8, 4) is 11.1 Å². The second-order valence-electron chi connectivity index (χ2n) is 6.65. The number of nitrogens with one attached hydrogen (secondary N) is 2. The van der Waals surface area contributed by atoms with Crippen LogP contribution in [-0.2, 0) is 0 Å². The van der Waals surface area contributed by atoms with E-state index in [2.05, 4.69) is 15.5 Å². The van der Waals surface area contributed by atoms with Crippen LogP contribution in [0.25, 0.3) is 22.0 Å². The van der Waals surface area contributed by atoms with E-state index in [1.165, 1.54) is 18.6 Å². The number of halogens is 1. The molecule has 128 valence electrons. The van der Waals surface area contributed by atoms with E-state index >= 15 is 0 Å². The van der Waals surface area contributed by atoms with Gasteiger partial charge in [-0.3, -0.25) is 9.89 Å². The number of fused-ring (bicyclic) bond motifs is 1. The first-order chi connectivity index (χ1) is 12.2. The quantitative estimate of drug-likeness (QED) is 0.743. The number of hydrogen-bond acceptors (Lipinski definition) is 2. The molecule has 1 aliphatic carbocycles. The average molecular weight is 337 g/mol. The van der Waals surface area contributed by atoms with Gasteiger partial charge in [-0.05, 0) is 48.2 Å². The predicted octanol–water partition coefficient (Wildman–Crippen LogP) is 4.43. The fourth-order valence-electron chi connectivity index (χ4n) is 3.54. The van der Waals surface area contributed by atoms with Crippen molar-refractivity contribution >= 4 is 16.8 Å². The van der Waals surface area contributed by atoms with Crippen molar-refractivity contribution in [2.75, 3.05) is 0 Å². The summed E-state index contributed by atoms with van der Waals surface area (Å²) in [5, 5.41) is 11.0. The molecule has 1 saturated carbocycles. The summed E-state index contributed by atoms with van der Waals surface area (Å²) in [5.41, 5.74) is 2.84. The minimum Gasteiger partial charge on any atom is -0.348 e. The van der Waals surface area contributed by atoms with E-state index in [0.29, 0.717) is 5.69 Å². The van der Waals surface area contributed by atoms with Crippen LogP contribution in [0.3, 0.4) is 0 Å². The van der Waals surface area contributed by atoms with Gasteiger partial charge in [0.1, 0.15) is 5.82 Å². The zero-order chi connectivity index (χ0) is 17.2. The summed E-state index contributed by atoms with van der Waals surface area (Å²) in [5.74, 6) is -0.422. The summed E-state index contributed by atoms with van der Waals surface area (Å²) in [6, 6.07) is 12.3. The van der Waals surface area contributed by atoms with Crippen LogP contribution in [0.4, 0.5) is 4.39 Å². The standard InChI is InChI=1S/C20H20FN3O/c21-15-6-4-5-13(11-15)14-9-10-18-17(12-14)19(24-23-18)20(25)22-16-7-2-1-3-8-16/h4-6,9-12,16H,1-3,7-8H2,(H,22,25)(H,23,24). The maximum Gasteiger partial charge on any atom is 0.272 e. The average Bonchev–Trinajstić information content (AvgIpc) is 3.06. The maximum absolute atomic E-state index is 13.5. The van der Waals surface area contributed by atoms with E-state index in [1.54, 1.807) is 6.07 Å². The van der Waals surface area contributed by atoms with E-state index in [1.807, 2.05) is 24.3 Å². The number of nitrogens with zero attached hydrogens (tertiary/aromatic N) is 1. The molecule has 0 unspecified atom stereocenters. The lowest BCUT2D eigenvalue weighted by Gasteiger charge is -2.22. The Kier molecular flexibility index (Phi) is 4.22. The van der Waals surface area contributed by atoms with Crippen LogP contribution in [0.2, 0.25) is 0 Å². The van der Waals surface area contributed by atoms with E-state index < -0.39 is 0 Å². The summed E-state index contributed by atoms with van der Waals surface area (Å²) >= 11 is 0. The third-order valence-electron chi connectivity index (χ3n) is 4.88. The first kappa shape index (κ1) is 15.8. The Morgan fingerprint density at radius 3 is 2.68 bits per heavy atom. The summed E-state index contributed by atoms with van der Waals surface area (Å²) < 4.78 is 13.5. The molecule has 1 heterocycles. The molecule has 4 rings (SSSR count). The van der Waals surface area contributed by atoms with Crippen molar-refractivity contribution < 1.29 is 9.18 Å². The number of H-pyrrole nitrogens is 1. The molecule has 1 aliphatic rings. The molecule has 0 radical (unpaired) electrons. The van der Waals surface area contributed by atoms with Crippen molar-refractivity contribution in [2.45, 2.75) is 38.1 Å². The molecule has 1 amide bonds. The van der Waals surface area contributed by atoms with Crippen LogP contribution in [0.15, 0.2) is 42.5 Å². The molecule has 1 aromatic heterocycles. The number of hydrogen-bond donors (Lipinski definition) is 2. The topological polar surface area (TPSA) is 57.8 Å². The summed E-state index contributed by atoms with van der Waals surface area (Å²) in [6.45, 7) is 0. The summed E-state index contributed by atoms with van der Waals surface area (Å²) in [7, 11) is 0. The zero-order valence-electron chi connectivity index (χ0n) is 13.9. The lowest BCUT2D eigenvalue weighted by Crippen LogP contribution is -2.36. The largest absolute Gasteiger partial charge is 0.348 e. The van der Waals surface area contributed by atoms with Gasteiger partial charge in [0.15, 0.2) is 5.69 Å². The minimum absolute atomic E-state index is 0.144. The van der Waals surface area contributed by atoms with Gasteiger partial charge in [0, 0.05) is 11.4 Å². The molecule has 4 nitrogen and oxygen atoms in total. The molecular formula is C20H20FN3O. The van der Waals surface area contributed by atoms with Crippen molar-refractivity contribution in [3.63, 3.8) is 0 Å². The van der Waals surface area contributed by atoms with Crippen molar-refractivity contribution in [2.24, 2.45) is 0 Å². The zero-order valence-corrected chi connectivity index (χ0v) is 13.9. The van der Waals surface area contributed by atoms with Gasteiger partial charge < -0.3 is 5.32 Å². The van der Waals surface area contributed by atoms with Crippen LogP contribution in [-0.4, -0.2) is 22.1 Å². The van der Waals surface area contributed by atoms with E-state index in [4.69, 9.17) is 0 Å². The third kappa shape index (κ3) is 3.27. The van der Waals surface area contributed by atoms with Gasteiger partial charge in [0.2, 0.25) is 0 Å². The van der Waals surface area contributed by atoms with Crippen molar-refractivity contribution in [1.29, 1.82) is 0 Å². The SMILES string of the molecule is O=C(NC1CCCCC1)c1n[nH]c2ccc(-c3cccc(F)c3)cc12. The molecule has 0 aliphatic heterocycles. The van der Waals surface area contributed by atoms with Crippen LogP contribution < -0.4 is 5.32 Å². The molecule has 2 aromatic carbocycles. The molecule has 25 heavy (non-hydrogen) atoms. The smallest absolute Gasteiger partial charge is 0.272 e. The summed E-state index contributed by atoms with van der Waals surface area (Å²) in [4.78, 5) is 12.6. The second kappa shape index (κ2) is 6.67. The summed E-state index contributed by atoms with van der Waals surface area (Å²) in [6.07, 6.45) is 5.63. The Morgan fingerprint density at radius 2 is 1.88 bits per heavy atom. The number of rotatable bonds is 3. The lowest BCUT2D eigenvalue weighted by atomic mass is 9.95. The van der Waals surface area contributed by atoms with Crippen LogP contribution in [0.1, 0.15) is 42.6 Å². The fourth-order valence-corrected chi connectivity index (χ4v) is 3.54. The van der Waals surface area contributed by atoms with Gasteiger partial charge in [-0.15, -0.1) is 0 Å². The number of amides is 1. The molecule has 3 aromatic rings. The third-order valence-corrected chi connectivity index (χ3v) is 4.88. The highest BCUT2D eigenvalue weighted by atomic mass is 19.1. The lowest BCUT2D eigenvalue weighted by molar-refractivity contribution is 0.0924. The molecule has 2 N–H and O–H groups in total. The Hall–Kier alpha value is -2.69. The number of aromatic nitrogens is 2. The second-order valence-corrected chi connectivity index (χ2v) is 6.65. The number of benzene rings is 2. The number of carbonyl (C=O) groups excluding carboxylic acids is 1. The van der Waals surface area contributed by atoms with Gasteiger partial charge in [-0.25, -0.2) is 4.39 Å². The van der Waals surface area contributed by atoms with Crippen molar-refractivity contribution in [3.05, 3.63) is 54.0 Å². The van der Waals surface area contributed by atoms with Gasteiger partial charge in [-0.1, -0.05) is 37.5 Å². The first-order valence-corrected chi connectivity index (χ1v) is 8.75. The Labute approximate surface area is 145 Å². The monoisotopic (exact) mass is 337 g/mol. The highest BCUT2D eigenvalue weighted by Crippen LogP contribution is 2.26. The van der Waals surface area contributed by atoms with E-state index in [-0.39, 0.29) is 17.8 Å². The number of aromatic amines is 1. The Bertz CT molecular complexity index is 912. The van der Waals surface area contributed by atoms with Crippen LogP contribution in [0.5, 0.6) is 0 Å². The van der Waals surface area contributed by atoms with E-state index in [0.717, 1.165) is 47.7 Å². The molecule has 1 fully saturated rings. The molecule has 0 spiro atoms. The Balaban J connectivity index is 1.65. The van der Waals surface area contributed by atoms with Gasteiger partial charge in [-0.2, -0.15) is 5.10 Å². The van der Waals surface area contributed by atoms with Crippen LogP contribution in [0, 0.1) is 5.82 Å². The van der Waals surface area contributed by atoms with Gasteiger partial charge in [0.25, 0.3) is 5.91 Å². The first-order valence-electron chi connectivity index (χ1n) is 8.75. The maximum atomic E-state index is 13.5. The van der Waals surface area contributed by atoms with Crippen LogP contribution >= 0.6 is 0 Å². The fraction of sp³-hybridized carbons (Fsp3) is 0.300. The molecule has 5 heteroatoms. The Morgan fingerprint density at radius 1 is 1.08 bits per heavy atom.